The molecule has 7 heteroatoms. The second-order valence-corrected chi connectivity index (χ2v) is 16.1. The van der Waals surface area contributed by atoms with Gasteiger partial charge in [0.05, 0.1) is 34.1 Å². The lowest BCUT2D eigenvalue weighted by Gasteiger charge is -2.56. The van der Waals surface area contributed by atoms with Gasteiger partial charge in [0.1, 0.15) is 11.2 Å². The van der Waals surface area contributed by atoms with Crippen molar-refractivity contribution in [2.24, 2.45) is 0 Å². The summed E-state index contributed by atoms with van der Waals surface area (Å²) in [6, 6.07) is 20.9. The molecule has 3 rings (SSSR count). The van der Waals surface area contributed by atoms with Crippen molar-refractivity contribution in [2.75, 3.05) is 26.3 Å². The fourth-order valence-corrected chi connectivity index (χ4v) is 9.25. The Kier molecular flexibility index (Phi) is 8.16. The van der Waals surface area contributed by atoms with E-state index < -0.39 is 31.7 Å². The van der Waals surface area contributed by atoms with E-state index in [0.29, 0.717) is 6.61 Å². The molecule has 1 fully saturated rings. The lowest BCUT2D eigenvalue weighted by molar-refractivity contribution is -0.0522. The maximum atomic E-state index is 12.9. The van der Waals surface area contributed by atoms with Crippen molar-refractivity contribution in [3.63, 3.8) is 0 Å². The predicted octanol–water partition coefficient (Wildman–Crippen LogP) is 3.95. The third-order valence-corrected chi connectivity index (χ3v) is 11.1. The van der Waals surface area contributed by atoms with Crippen LogP contribution in [-0.2, 0) is 13.9 Å². The van der Waals surface area contributed by atoms with Crippen molar-refractivity contribution in [3.05, 3.63) is 60.7 Å². The van der Waals surface area contributed by atoms with E-state index in [1.165, 1.54) is 15.3 Å². The monoisotopic (exact) mass is 499 g/mol. The molecule has 0 aromatic heterocycles. The first kappa shape index (κ1) is 27.4. The number of ether oxygens (including phenoxy) is 2. The van der Waals surface area contributed by atoms with Crippen LogP contribution in [0.15, 0.2) is 60.7 Å². The highest BCUT2D eigenvalue weighted by molar-refractivity contribution is 6.99. The highest BCUT2D eigenvalue weighted by Crippen LogP contribution is 2.37. The highest BCUT2D eigenvalue weighted by atomic mass is 28.4. The first-order valence-corrected chi connectivity index (χ1v) is 14.2. The number of aliphatic hydroxyl groups is 1. The second kappa shape index (κ2) is 10.4. The average Bonchev–Trinajstić information content (AvgIpc) is 2.92. The number of amides is 1. The molecule has 0 radical (unpaired) electrons. The topological polar surface area (TPSA) is 68.2 Å². The zero-order valence-electron chi connectivity index (χ0n) is 22.2. The average molecular weight is 500 g/mol. The second-order valence-electron chi connectivity index (χ2n) is 11.8. The summed E-state index contributed by atoms with van der Waals surface area (Å²) in [5.74, 6) is 0. The van der Waals surface area contributed by atoms with E-state index in [1.807, 2.05) is 32.9 Å². The third-order valence-electron chi connectivity index (χ3n) is 6.14. The van der Waals surface area contributed by atoms with E-state index in [-0.39, 0.29) is 24.7 Å². The Morgan fingerprint density at radius 1 is 1.03 bits per heavy atom. The molecule has 2 aromatic rings. The van der Waals surface area contributed by atoms with E-state index in [4.69, 9.17) is 13.9 Å². The quantitative estimate of drug-likeness (QED) is 0.631. The number of benzene rings is 2. The van der Waals surface area contributed by atoms with Crippen LogP contribution in [0.2, 0.25) is 5.04 Å². The summed E-state index contributed by atoms with van der Waals surface area (Å²) < 4.78 is 18.7. The maximum Gasteiger partial charge on any atom is 0.410 e. The molecule has 0 aliphatic carbocycles. The van der Waals surface area contributed by atoms with Gasteiger partial charge in [-0.05, 0) is 27.7 Å². The number of hydrogen-bond donors (Lipinski definition) is 1. The van der Waals surface area contributed by atoms with Gasteiger partial charge in [-0.2, -0.15) is 10.4 Å². The number of rotatable bonds is 5. The molecule has 1 aliphatic heterocycles. The molecule has 1 aliphatic rings. The summed E-state index contributed by atoms with van der Waals surface area (Å²) in [6.45, 7) is 14.7. The van der Waals surface area contributed by atoms with Gasteiger partial charge in [-0.25, -0.2) is 4.79 Å². The van der Waals surface area contributed by atoms with Gasteiger partial charge in [-0.15, -0.1) is 5.04 Å². The molecule has 1 saturated heterocycles. The highest BCUT2D eigenvalue weighted by Gasteiger charge is 2.40. The van der Waals surface area contributed by atoms with E-state index in [1.54, 1.807) is 6.92 Å². The molecule has 2 atom stereocenters. The van der Waals surface area contributed by atoms with Crippen molar-refractivity contribution < 1.29 is 23.8 Å². The van der Waals surface area contributed by atoms with Crippen LogP contribution in [-0.4, -0.2) is 68.0 Å². The maximum absolute atomic E-state index is 12.9. The van der Waals surface area contributed by atoms with Crippen molar-refractivity contribution in [1.29, 1.82) is 0 Å². The summed E-state index contributed by atoms with van der Waals surface area (Å²) in [4.78, 5) is 14.4. The minimum absolute atomic E-state index is 0.112. The minimum atomic E-state index is -2.75. The lowest BCUT2D eigenvalue weighted by atomic mass is 10.1. The predicted molar refractivity (Wildman–Crippen MR) is 142 cm³/mol. The van der Waals surface area contributed by atoms with Crippen LogP contribution in [0.25, 0.3) is 0 Å². The van der Waals surface area contributed by atoms with Crippen molar-refractivity contribution in [3.8, 4) is 0 Å². The van der Waals surface area contributed by atoms with Gasteiger partial charge in [0.25, 0.3) is 0 Å². The summed E-state index contributed by atoms with van der Waals surface area (Å²) in [7, 11) is -2.75. The number of β-amino-alcohol motifs (C(OH)–C–C–N with tert-alkyl or cyclic N) is 1. The lowest BCUT2D eigenvalue weighted by Crippen LogP contribution is -2.67. The molecule has 2 aromatic carbocycles. The fourth-order valence-electron chi connectivity index (χ4n) is 4.66. The van der Waals surface area contributed by atoms with Crippen LogP contribution in [0.5, 0.6) is 0 Å². The van der Waals surface area contributed by atoms with Gasteiger partial charge in [0.2, 0.25) is 0 Å². The largest absolute Gasteiger partial charge is 0.556 e. The Morgan fingerprint density at radius 3 is 2.00 bits per heavy atom. The Balaban J connectivity index is 1.93. The van der Waals surface area contributed by atoms with E-state index in [2.05, 4.69) is 69.3 Å². The summed E-state index contributed by atoms with van der Waals surface area (Å²) in [6.07, 6.45) is -0.864. The van der Waals surface area contributed by atoms with Gasteiger partial charge in [-0.1, -0.05) is 81.4 Å². The van der Waals surface area contributed by atoms with Crippen molar-refractivity contribution >= 4 is 24.8 Å². The molecule has 1 N–H and O–H groups in total. The Labute approximate surface area is 211 Å². The number of nitrogens with zero attached hydrogens (tertiary/aromatic N) is 1. The summed E-state index contributed by atoms with van der Waals surface area (Å²) in [5.41, 5.74) is -1.81. The van der Waals surface area contributed by atoms with Gasteiger partial charge in [0.15, 0.2) is 0 Å². The van der Waals surface area contributed by atoms with Crippen LogP contribution >= 0.6 is 0 Å². The standard InChI is InChI=1S/C28H41NO5Si/c1-26(2,3)34-25(30)29-18-22(32-21-28(7,31)20-29)19-33-35(27(4,5)6,23-14-10-8-11-15-23)24-16-12-9-13-17-24/h8-17,22,31H,18-21H2,1-7H3/q-1/t22-,28-/m1/s1. The van der Waals surface area contributed by atoms with E-state index in [9.17, 15) is 9.90 Å². The van der Waals surface area contributed by atoms with Gasteiger partial charge < -0.3 is 23.9 Å². The van der Waals surface area contributed by atoms with Gasteiger partial charge >= 0.3 is 6.09 Å². The Hall–Kier alpha value is -2.19. The molecule has 6 nitrogen and oxygen atoms in total. The molecule has 1 heterocycles. The Bertz CT molecular complexity index is 927. The molecule has 35 heavy (non-hydrogen) atoms. The third kappa shape index (κ3) is 6.73. The first-order chi connectivity index (χ1) is 16.2. The van der Waals surface area contributed by atoms with Crippen LogP contribution in [0.3, 0.4) is 0 Å². The molecule has 193 valence electrons. The zero-order valence-corrected chi connectivity index (χ0v) is 23.2. The van der Waals surface area contributed by atoms with Crippen molar-refractivity contribution in [1.82, 2.24) is 4.90 Å². The van der Waals surface area contributed by atoms with Crippen LogP contribution in [0.4, 0.5) is 4.79 Å². The number of carbonyl (C=O) groups is 1. The molecular weight excluding hydrogens is 458 g/mol. The number of carbonyl (C=O) groups excluding carboxylic acids is 1. The summed E-state index contributed by atoms with van der Waals surface area (Å²) >= 11 is 0. The van der Waals surface area contributed by atoms with E-state index in [0.717, 1.165) is 0 Å². The molecule has 0 bridgehead atoms. The molecule has 0 unspecified atom stereocenters. The Morgan fingerprint density at radius 2 is 1.54 bits per heavy atom. The molecular formula is C28H41NO5Si-. The first-order valence-electron chi connectivity index (χ1n) is 12.3. The van der Waals surface area contributed by atoms with Gasteiger partial charge in [-0.3, -0.25) is 0 Å². The van der Waals surface area contributed by atoms with Crippen LogP contribution in [0.1, 0.15) is 48.5 Å². The normalized spacial score (nSPS) is 21.9. The van der Waals surface area contributed by atoms with Crippen LogP contribution < -0.4 is 10.4 Å². The smallest absolute Gasteiger partial charge is 0.410 e. The van der Waals surface area contributed by atoms with Gasteiger partial charge in [0, 0.05) is 6.61 Å². The van der Waals surface area contributed by atoms with Crippen LogP contribution in [0, 0.1) is 0 Å². The molecule has 1 amide bonds. The summed E-state index contributed by atoms with van der Waals surface area (Å²) in [5, 5.41) is 13.0. The minimum Gasteiger partial charge on any atom is -0.556 e. The zero-order chi connectivity index (χ0) is 25.9. The van der Waals surface area contributed by atoms with Crippen molar-refractivity contribution in [2.45, 2.75) is 70.8 Å². The SMILES string of the molecule is CC(C)(C)OC(=O)N1C[C@H](CO[Si-](c2ccccc2)(c2ccccc2)C(C)(C)C)OC[C@](C)(O)C1. The number of hydrogen-bond acceptors (Lipinski definition) is 5. The molecule has 0 spiro atoms. The fraction of sp³-hybridized carbons (Fsp3) is 0.536. The molecule has 0 saturated carbocycles. The van der Waals surface area contributed by atoms with E-state index >= 15 is 0 Å².